The molecule has 0 aliphatic carbocycles. The van der Waals surface area contributed by atoms with Gasteiger partial charge in [-0.05, 0) is 12.3 Å². The quantitative estimate of drug-likeness (QED) is 0.565. The number of imidazole rings is 1. The number of H-pyrrole nitrogens is 1. The fourth-order valence-electron chi connectivity index (χ4n) is 2.47. The van der Waals surface area contributed by atoms with Gasteiger partial charge in [0.15, 0.2) is 0 Å². The lowest BCUT2D eigenvalue weighted by atomic mass is 10.3. The number of pyridine rings is 1. The highest BCUT2D eigenvalue weighted by Crippen LogP contribution is 2.14. The molecule has 0 bridgehead atoms. The Morgan fingerprint density at radius 2 is 2.26 bits per heavy atom. The summed E-state index contributed by atoms with van der Waals surface area (Å²) in [4.78, 5) is 28.2. The van der Waals surface area contributed by atoms with Crippen LogP contribution in [0, 0.1) is 0 Å². The Hall–Kier alpha value is -2.68. The molecule has 0 fully saturated rings. The van der Waals surface area contributed by atoms with Crippen molar-refractivity contribution in [3.8, 4) is 0 Å². The van der Waals surface area contributed by atoms with E-state index in [9.17, 15) is 4.79 Å². The van der Waals surface area contributed by atoms with Crippen molar-refractivity contribution in [2.24, 2.45) is 0 Å². The summed E-state index contributed by atoms with van der Waals surface area (Å²) in [6.07, 6.45) is 9.35. The Morgan fingerprint density at radius 1 is 1.35 bits per heavy atom. The number of nitrogens with one attached hydrogen (secondary N) is 1. The maximum Gasteiger partial charge on any atom is 0.261 e. The van der Waals surface area contributed by atoms with Crippen LogP contribution in [-0.2, 0) is 13.0 Å². The minimum atomic E-state index is -0.0855. The van der Waals surface area contributed by atoms with Crippen LogP contribution in [0.3, 0.4) is 0 Å². The van der Waals surface area contributed by atoms with Gasteiger partial charge in [0.2, 0.25) is 5.16 Å². The fraction of sp³-hybridized carbons (Fsp3) is 0.214. The van der Waals surface area contributed by atoms with Gasteiger partial charge >= 0.3 is 0 Å². The molecule has 116 valence electrons. The van der Waals surface area contributed by atoms with Gasteiger partial charge in [0.05, 0.1) is 17.2 Å². The summed E-state index contributed by atoms with van der Waals surface area (Å²) in [5.74, 6) is 0.497. The van der Waals surface area contributed by atoms with E-state index in [0.29, 0.717) is 34.8 Å². The lowest BCUT2D eigenvalue weighted by molar-refractivity contribution is 0.666. The molecule has 0 aromatic carbocycles. The van der Waals surface area contributed by atoms with Crippen LogP contribution in [0.15, 0.2) is 40.9 Å². The van der Waals surface area contributed by atoms with E-state index in [2.05, 4.69) is 25.0 Å². The molecule has 9 heteroatoms. The van der Waals surface area contributed by atoms with Gasteiger partial charge in [-0.25, -0.2) is 9.97 Å². The third-order valence-electron chi connectivity index (χ3n) is 3.65. The first-order valence-electron chi connectivity index (χ1n) is 7.02. The number of aryl methyl sites for hydroxylation is 2. The molecule has 1 N–H and O–H groups in total. The van der Waals surface area contributed by atoms with Crippen molar-refractivity contribution >= 4 is 28.4 Å². The summed E-state index contributed by atoms with van der Waals surface area (Å²) < 4.78 is 3.28. The molecule has 0 aliphatic heterocycles. The normalized spacial score (nSPS) is 11.5. The molecule has 23 heavy (non-hydrogen) atoms. The van der Waals surface area contributed by atoms with Crippen molar-refractivity contribution < 1.29 is 0 Å². The summed E-state index contributed by atoms with van der Waals surface area (Å²) in [6, 6.07) is 1.87. The van der Waals surface area contributed by atoms with Crippen LogP contribution >= 0.6 is 11.8 Å². The van der Waals surface area contributed by atoms with Gasteiger partial charge in [-0.3, -0.25) is 4.79 Å². The smallest absolute Gasteiger partial charge is 0.261 e. The van der Waals surface area contributed by atoms with Crippen LogP contribution in [0.4, 0.5) is 0 Å². The molecule has 4 aromatic heterocycles. The van der Waals surface area contributed by atoms with E-state index in [0.717, 1.165) is 5.69 Å². The summed E-state index contributed by atoms with van der Waals surface area (Å²) in [5.41, 5.74) is 1.62. The molecule has 4 heterocycles. The van der Waals surface area contributed by atoms with E-state index >= 15 is 0 Å². The van der Waals surface area contributed by atoms with Gasteiger partial charge in [0.25, 0.3) is 11.3 Å². The Bertz CT molecular complexity index is 1030. The number of hydrogen-bond acceptors (Lipinski definition) is 6. The minimum absolute atomic E-state index is 0.0855. The molecule has 0 radical (unpaired) electrons. The fourth-order valence-corrected chi connectivity index (χ4v) is 2.80. The zero-order valence-corrected chi connectivity index (χ0v) is 13.1. The van der Waals surface area contributed by atoms with Gasteiger partial charge in [-0.2, -0.15) is 9.50 Å². The van der Waals surface area contributed by atoms with Crippen LogP contribution < -0.4 is 5.56 Å². The lowest BCUT2D eigenvalue weighted by Crippen LogP contribution is -2.21. The number of hydrogen-bond donors (Lipinski definition) is 1. The molecular weight excluding hydrogens is 314 g/mol. The molecule has 0 amide bonds. The third-order valence-corrected chi connectivity index (χ3v) is 4.19. The number of rotatable bonds is 4. The van der Waals surface area contributed by atoms with E-state index in [1.54, 1.807) is 34.0 Å². The topological polar surface area (TPSA) is 93.8 Å². The Balaban J connectivity index is 1.78. The van der Waals surface area contributed by atoms with Crippen LogP contribution in [-0.4, -0.2) is 40.4 Å². The number of fused-ring (bicyclic) bond motifs is 3. The predicted octanol–water partition coefficient (Wildman–Crippen LogP) is 1.13. The van der Waals surface area contributed by atoms with Crippen molar-refractivity contribution in [2.75, 3.05) is 6.26 Å². The first kappa shape index (κ1) is 13.9. The van der Waals surface area contributed by atoms with Gasteiger partial charge in [0, 0.05) is 37.3 Å². The van der Waals surface area contributed by atoms with Gasteiger partial charge in [-0.15, -0.1) is 5.10 Å². The number of nitrogens with zero attached hydrogens (tertiary/aromatic N) is 6. The van der Waals surface area contributed by atoms with Crippen molar-refractivity contribution in [3.05, 3.63) is 47.0 Å². The maximum atomic E-state index is 12.6. The molecule has 0 spiro atoms. The molecule has 0 saturated heterocycles. The van der Waals surface area contributed by atoms with Crippen LogP contribution in [0.1, 0.15) is 5.69 Å². The first-order valence-corrected chi connectivity index (χ1v) is 8.25. The average molecular weight is 327 g/mol. The molecule has 4 aromatic rings. The highest BCUT2D eigenvalue weighted by molar-refractivity contribution is 7.98. The Labute approximate surface area is 134 Å². The van der Waals surface area contributed by atoms with Gasteiger partial charge < -0.3 is 9.55 Å². The molecule has 0 unspecified atom stereocenters. The summed E-state index contributed by atoms with van der Waals surface area (Å²) in [5, 5.41) is 5.52. The lowest BCUT2D eigenvalue weighted by Gasteiger charge is -2.06. The average Bonchev–Trinajstić information content (AvgIpc) is 3.23. The number of aromatic nitrogens is 7. The van der Waals surface area contributed by atoms with Crippen molar-refractivity contribution in [3.63, 3.8) is 0 Å². The standard InChI is InChI=1S/C14H13N7OS/c1-23-14-18-13-16-7-10-11(21(13)19-14)3-5-20(12(10)22)4-2-9-6-15-8-17-9/h3,5-8H,2,4H2,1H3,(H,15,17). The van der Waals surface area contributed by atoms with Gasteiger partial charge in [0.1, 0.15) is 0 Å². The molecule has 0 saturated carbocycles. The van der Waals surface area contributed by atoms with E-state index in [4.69, 9.17) is 0 Å². The maximum absolute atomic E-state index is 12.6. The van der Waals surface area contributed by atoms with Crippen molar-refractivity contribution in [1.82, 2.24) is 34.1 Å². The van der Waals surface area contributed by atoms with E-state index in [-0.39, 0.29) is 5.56 Å². The second-order valence-corrected chi connectivity index (χ2v) is 5.78. The summed E-state index contributed by atoms with van der Waals surface area (Å²) >= 11 is 1.44. The molecule has 4 rings (SSSR count). The number of thioether (sulfide) groups is 1. The van der Waals surface area contributed by atoms with E-state index in [1.807, 2.05) is 12.3 Å². The van der Waals surface area contributed by atoms with E-state index in [1.165, 1.54) is 11.8 Å². The highest BCUT2D eigenvalue weighted by Gasteiger charge is 2.11. The predicted molar refractivity (Wildman–Crippen MR) is 86.6 cm³/mol. The van der Waals surface area contributed by atoms with Crippen molar-refractivity contribution in [1.29, 1.82) is 0 Å². The van der Waals surface area contributed by atoms with Crippen molar-refractivity contribution in [2.45, 2.75) is 18.1 Å². The second-order valence-electron chi connectivity index (χ2n) is 5.01. The summed E-state index contributed by atoms with van der Waals surface area (Å²) in [6.45, 7) is 0.572. The first-order chi connectivity index (χ1) is 11.3. The Morgan fingerprint density at radius 3 is 3.04 bits per heavy atom. The SMILES string of the molecule is CSc1nc2ncc3c(=O)n(CCc4cnc[nH]4)ccc3n2n1. The molecule has 8 nitrogen and oxygen atoms in total. The molecule has 0 atom stereocenters. The third kappa shape index (κ3) is 2.38. The minimum Gasteiger partial charge on any atom is -0.348 e. The summed E-state index contributed by atoms with van der Waals surface area (Å²) in [7, 11) is 0. The zero-order chi connectivity index (χ0) is 15.8. The number of aromatic amines is 1. The zero-order valence-electron chi connectivity index (χ0n) is 12.3. The molecule has 0 aliphatic rings. The van der Waals surface area contributed by atoms with E-state index < -0.39 is 0 Å². The van der Waals surface area contributed by atoms with Crippen LogP contribution in [0.2, 0.25) is 0 Å². The Kier molecular flexibility index (Phi) is 3.34. The second kappa shape index (κ2) is 5.51. The van der Waals surface area contributed by atoms with Gasteiger partial charge in [-0.1, -0.05) is 11.8 Å². The largest absolute Gasteiger partial charge is 0.348 e. The monoisotopic (exact) mass is 327 g/mol. The molecular formula is C14H13N7OS. The highest BCUT2D eigenvalue weighted by atomic mass is 32.2. The van der Waals surface area contributed by atoms with Crippen LogP contribution in [0.5, 0.6) is 0 Å². The van der Waals surface area contributed by atoms with Crippen LogP contribution in [0.25, 0.3) is 16.7 Å².